The van der Waals surface area contributed by atoms with E-state index >= 15 is 0 Å². The molecule has 0 radical (unpaired) electrons. The lowest BCUT2D eigenvalue weighted by Gasteiger charge is -2.28. The fourth-order valence-corrected chi connectivity index (χ4v) is 3.94. The summed E-state index contributed by atoms with van der Waals surface area (Å²) in [6, 6.07) is 12.5. The lowest BCUT2D eigenvalue weighted by Crippen LogP contribution is -2.41. The number of guanidine groups is 1. The summed E-state index contributed by atoms with van der Waals surface area (Å²) >= 11 is 0. The van der Waals surface area contributed by atoms with Crippen molar-refractivity contribution in [2.75, 3.05) is 20.3 Å². The average Bonchev–Trinajstić information content (AvgIpc) is 3.10. The summed E-state index contributed by atoms with van der Waals surface area (Å²) in [5.41, 5.74) is 3.39. The van der Waals surface area contributed by atoms with Crippen molar-refractivity contribution in [3.05, 3.63) is 53.1 Å². The van der Waals surface area contributed by atoms with E-state index in [1.165, 1.54) is 11.1 Å². The molecule has 30 heavy (non-hydrogen) atoms. The van der Waals surface area contributed by atoms with E-state index < -0.39 is 0 Å². The van der Waals surface area contributed by atoms with Gasteiger partial charge in [-0.25, -0.2) is 4.99 Å². The van der Waals surface area contributed by atoms with Crippen LogP contribution in [0.3, 0.4) is 0 Å². The van der Waals surface area contributed by atoms with E-state index in [9.17, 15) is 0 Å². The van der Waals surface area contributed by atoms with Crippen LogP contribution >= 0.6 is 24.0 Å². The number of ether oxygens (including phenoxy) is 3. The maximum absolute atomic E-state index is 5.91. The molecule has 0 saturated heterocycles. The Kier molecular flexibility index (Phi) is 7.69. The molecule has 2 aliphatic rings. The standard InChI is InChI=1S/C23H29N3O3.HI/c1-4-24-23(26-19-9-10-28-20-8-6-5-7-18(19)20)25-14-17-13-22-16(11-15(2)29-22)12-21(17)27-3;/h5-8,12-13,15,19H,4,9-11,14H2,1-3H3,(H2,24,25,26);1H. The third-order valence-corrected chi connectivity index (χ3v) is 5.32. The second kappa shape index (κ2) is 10.2. The minimum absolute atomic E-state index is 0. The molecule has 2 aromatic carbocycles. The van der Waals surface area contributed by atoms with E-state index in [1.807, 2.05) is 18.2 Å². The number of hydrogen-bond donors (Lipinski definition) is 2. The van der Waals surface area contributed by atoms with Crippen molar-refractivity contribution in [2.45, 2.75) is 45.4 Å². The molecule has 162 valence electrons. The first-order chi connectivity index (χ1) is 14.2. The number of halogens is 1. The monoisotopic (exact) mass is 523 g/mol. The van der Waals surface area contributed by atoms with E-state index in [0.29, 0.717) is 13.2 Å². The molecule has 7 heteroatoms. The van der Waals surface area contributed by atoms with Crippen molar-refractivity contribution >= 4 is 29.9 Å². The summed E-state index contributed by atoms with van der Waals surface area (Å²) in [6.07, 6.45) is 2.03. The molecular formula is C23H30IN3O3. The van der Waals surface area contributed by atoms with Crippen LogP contribution < -0.4 is 24.8 Å². The Morgan fingerprint density at radius 2 is 2.07 bits per heavy atom. The molecule has 2 N–H and O–H groups in total. The predicted molar refractivity (Wildman–Crippen MR) is 129 cm³/mol. The fraction of sp³-hybridized carbons (Fsp3) is 0.435. The molecule has 2 atom stereocenters. The van der Waals surface area contributed by atoms with Crippen LogP contribution in [0.5, 0.6) is 17.2 Å². The number of hydrogen-bond acceptors (Lipinski definition) is 4. The molecule has 0 fully saturated rings. The van der Waals surface area contributed by atoms with Gasteiger partial charge in [-0.3, -0.25) is 0 Å². The van der Waals surface area contributed by atoms with Crippen molar-refractivity contribution in [1.29, 1.82) is 0 Å². The quantitative estimate of drug-likeness (QED) is 0.349. The number of rotatable bonds is 5. The van der Waals surface area contributed by atoms with Crippen LogP contribution in [0.2, 0.25) is 0 Å². The highest BCUT2D eigenvalue weighted by Crippen LogP contribution is 2.35. The van der Waals surface area contributed by atoms with Crippen LogP contribution in [0, 0.1) is 0 Å². The molecule has 0 amide bonds. The van der Waals surface area contributed by atoms with E-state index in [2.05, 4.69) is 42.7 Å². The van der Waals surface area contributed by atoms with Gasteiger partial charge in [-0.05, 0) is 32.0 Å². The molecule has 4 rings (SSSR count). The van der Waals surface area contributed by atoms with Crippen molar-refractivity contribution in [3.8, 4) is 17.2 Å². The summed E-state index contributed by atoms with van der Waals surface area (Å²) in [5, 5.41) is 6.92. The zero-order valence-corrected chi connectivity index (χ0v) is 20.1. The molecule has 6 nitrogen and oxygen atoms in total. The van der Waals surface area contributed by atoms with Crippen molar-refractivity contribution in [2.24, 2.45) is 4.99 Å². The molecule has 2 aliphatic heterocycles. The summed E-state index contributed by atoms with van der Waals surface area (Å²) in [4.78, 5) is 4.82. The van der Waals surface area contributed by atoms with Gasteiger partial charge in [0.05, 0.1) is 26.3 Å². The third kappa shape index (κ3) is 4.94. The fourth-order valence-electron chi connectivity index (χ4n) is 3.94. The molecule has 0 aromatic heterocycles. The van der Waals surface area contributed by atoms with Gasteiger partial charge >= 0.3 is 0 Å². The first-order valence-corrected chi connectivity index (χ1v) is 10.3. The number of fused-ring (bicyclic) bond motifs is 2. The first-order valence-electron chi connectivity index (χ1n) is 10.3. The van der Waals surface area contributed by atoms with Gasteiger partial charge in [-0.15, -0.1) is 24.0 Å². The maximum atomic E-state index is 5.91. The number of benzene rings is 2. The molecular weight excluding hydrogens is 493 g/mol. The zero-order valence-electron chi connectivity index (χ0n) is 17.7. The molecule has 0 bridgehead atoms. The van der Waals surface area contributed by atoms with Crippen molar-refractivity contribution < 1.29 is 14.2 Å². The van der Waals surface area contributed by atoms with Gasteiger partial charge in [0.1, 0.15) is 23.4 Å². The van der Waals surface area contributed by atoms with Gasteiger partial charge in [-0.1, -0.05) is 18.2 Å². The van der Waals surface area contributed by atoms with Crippen LogP contribution in [-0.4, -0.2) is 32.3 Å². The van der Waals surface area contributed by atoms with E-state index in [0.717, 1.165) is 48.2 Å². The molecule has 0 aliphatic carbocycles. The smallest absolute Gasteiger partial charge is 0.192 e. The number of nitrogens with zero attached hydrogens (tertiary/aromatic N) is 1. The lowest BCUT2D eigenvalue weighted by molar-refractivity contribution is 0.254. The third-order valence-electron chi connectivity index (χ3n) is 5.32. The Labute approximate surface area is 195 Å². The van der Waals surface area contributed by atoms with E-state index in [4.69, 9.17) is 19.2 Å². The lowest BCUT2D eigenvalue weighted by atomic mass is 10.0. The SMILES string of the molecule is CCNC(=NCc1cc2c(cc1OC)CC(C)O2)NC1CCOc2ccccc21.I. The Morgan fingerprint density at radius 1 is 1.23 bits per heavy atom. The minimum atomic E-state index is 0. The predicted octanol–water partition coefficient (Wildman–Crippen LogP) is 4.22. The Balaban J connectivity index is 0.00000256. The molecule has 0 spiro atoms. The summed E-state index contributed by atoms with van der Waals surface area (Å²) < 4.78 is 17.3. The number of methoxy groups -OCH3 is 1. The topological polar surface area (TPSA) is 64.1 Å². The first kappa shape index (κ1) is 22.5. The van der Waals surface area contributed by atoms with E-state index in [-0.39, 0.29) is 36.1 Å². The maximum Gasteiger partial charge on any atom is 0.192 e. The average molecular weight is 523 g/mol. The van der Waals surface area contributed by atoms with Gasteiger partial charge in [0.25, 0.3) is 0 Å². The van der Waals surface area contributed by atoms with Crippen LogP contribution in [0.1, 0.15) is 43.0 Å². The Bertz CT molecular complexity index is 903. The Morgan fingerprint density at radius 3 is 2.87 bits per heavy atom. The van der Waals surface area contributed by atoms with Gasteiger partial charge in [0.15, 0.2) is 5.96 Å². The summed E-state index contributed by atoms with van der Waals surface area (Å²) in [6.45, 7) is 6.15. The Hall–Kier alpha value is -2.16. The summed E-state index contributed by atoms with van der Waals surface area (Å²) in [7, 11) is 1.70. The molecule has 2 aromatic rings. The summed E-state index contributed by atoms with van der Waals surface area (Å²) in [5.74, 6) is 3.53. The number of aliphatic imine (C=N–C) groups is 1. The largest absolute Gasteiger partial charge is 0.496 e. The van der Waals surface area contributed by atoms with E-state index in [1.54, 1.807) is 7.11 Å². The number of para-hydroxylation sites is 1. The second-order valence-electron chi connectivity index (χ2n) is 7.47. The van der Waals surface area contributed by atoms with Crippen LogP contribution in [-0.2, 0) is 13.0 Å². The molecule has 0 saturated carbocycles. The normalized spacial score (nSPS) is 19.5. The molecule has 2 unspecified atom stereocenters. The second-order valence-corrected chi connectivity index (χ2v) is 7.47. The van der Waals surface area contributed by atoms with Gasteiger partial charge < -0.3 is 24.8 Å². The van der Waals surface area contributed by atoms with Crippen LogP contribution in [0.4, 0.5) is 0 Å². The highest BCUT2D eigenvalue weighted by Gasteiger charge is 2.23. The highest BCUT2D eigenvalue weighted by molar-refractivity contribution is 14.0. The molecule has 2 heterocycles. The van der Waals surface area contributed by atoms with Crippen LogP contribution in [0.15, 0.2) is 41.4 Å². The highest BCUT2D eigenvalue weighted by atomic mass is 127. The van der Waals surface area contributed by atoms with Crippen molar-refractivity contribution in [3.63, 3.8) is 0 Å². The van der Waals surface area contributed by atoms with Crippen molar-refractivity contribution in [1.82, 2.24) is 10.6 Å². The van der Waals surface area contributed by atoms with Crippen LogP contribution in [0.25, 0.3) is 0 Å². The number of nitrogens with one attached hydrogen (secondary N) is 2. The van der Waals surface area contributed by atoms with Gasteiger partial charge in [-0.2, -0.15) is 0 Å². The van der Waals surface area contributed by atoms with Gasteiger partial charge in [0.2, 0.25) is 0 Å². The zero-order chi connectivity index (χ0) is 20.2. The minimum Gasteiger partial charge on any atom is -0.496 e. The van der Waals surface area contributed by atoms with Gasteiger partial charge in [0, 0.05) is 36.1 Å².